The van der Waals surface area contributed by atoms with E-state index in [-0.39, 0.29) is 11.5 Å². The van der Waals surface area contributed by atoms with Gasteiger partial charge < -0.3 is 10.5 Å². The molecule has 3 aromatic rings. The van der Waals surface area contributed by atoms with Crippen molar-refractivity contribution in [3.8, 4) is 11.1 Å². The van der Waals surface area contributed by atoms with Gasteiger partial charge in [0.05, 0.1) is 11.3 Å². The van der Waals surface area contributed by atoms with Crippen LogP contribution in [0, 0.1) is 18.7 Å². The number of carbonyl (C=O) groups is 1. The van der Waals surface area contributed by atoms with Gasteiger partial charge >= 0.3 is 0 Å². The van der Waals surface area contributed by atoms with Crippen LogP contribution in [0.3, 0.4) is 0 Å². The number of nitrogens with two attached hydrogens (primary N) is 1. The number of aliphatic imine (C=N–C) groups is 1. The van der Waals surface area contributed by atoms with Crippen molar-refractivity contribution in [3.63, 3.8) is 0 Å². The standard InChI is InChI=1S/C29H29F3N2O/c1-18-16-25(28(31)32)26(30)17-27(18)34-29(33)24-12-10-23(11-13-24)22-8-6-21(7-9-22)20-4-2-19(3-5-20)14-15-35/h6-13,15-17,19-20,28H,2-5,14H2,1H3,(H2,33,34). The van der Waals surface area contributed by atoms with Crippen molar-refractivity contribution < 1.29 is 18.0 Å². The fourth-order valence-electron chi connectivity index (χ4n) is 4.82. The first-order valence-corrected chi connectivity index (χ1v) is 11.9. The van der Waals surface area contributed by atoms with Crippen LogP contribution >= 0.6 is 0 Å². The van der Waals surface area contributed by atoms with Gasteiger partial charge in [-0.05, 0) is 72.8 Å². The molecule has 0 amide bonds. The molecule has 1 aliphatic rings. The van der Waals surface area contributed by atoms with Gasteiger partial charge in [0, 0.05) is 18.1 Å². The van der Waals surface area contributed by atoms with Crippen LogP contribution < -0.4 is 5.73 Å². The van der Waals surface area contributed by atoms with Gasteiger partial charge in [-0.3, -0.25) is 0 Å². The largest absolute Gasteiger partial charge is 0.383 e. The van der Waals surface area contributed by atoms with Crippen molar-refractivity contribution in [2.45, 2.75) is 51.4 Å². The van der Waals surface area contributed by atoms with E-state index in [2.05, 4.69) is 29.3 Å². The third-order valence-corrected chi connectivity index (χ3v) is 6.96. The van der Waals surface area contributed by atoms with Crippen molar-refractivity contribution in [2.75, 3.05) is 0 Å². The summed E-state index contributed by atoms with van der Waals surface area (Å²) in [6.45, 7) is 1.60. The Bertz CT molecular complexity index is 1200. The predicted molar refractivity (Wildman–Crippen MR) is 134 cm³/mol. The molecule has 0 spiro atoms. The third-order valence-electron chi connectivity index (χ3n) is 6.96. The number of aldehydes is 1. The highest BCUT2D eigenvalue weighted by atomic mass is 19.3. The first kappa shape index (κ1) is 24.7. The summed E-state index contributed by atoms with van der Waals surface area (Å²) in [7, 11) is 0. The first-order chi connectivity index (χ1) is 16.9. The summed E-state index contributed by atoms with van der Waals surface area (Å²) in [5, 5.41) is 0. The van der Waals surface area contributed by atoms with E-state index in [1.807, 2.05) is 24.3 Å². The molecule has 3 nitrogen and oxygen atoms in total. The molecule has 0 atom stereocenters. The number of halogens is 3. The SMILES string of the molecule is Cc1cc(C(F)F)c(F)cc1N=C(N)c1ccc(-c2ccc(C3CCC(CC=O)CC3)cc2)cc1. The Balaban J connectivity index is 1.45. The number of hydrogen-bond donors (Lipinski definition) is 1. The van der Waals surface area contributed by atoms with E-state index >= 15 is 0 Å². The molecule has 4 rings (SSSR count). The predicted octanol–water partition coefficient (Wildman–Crippen LogP) is 7.64. The third kappa shape index (κ3) is 5.81. The van der Waals surface area contributed by atoms with Gasteiger partial charge in [0.2, 0.25) is 0 Å². The average molecular weight is 479 g/mol. The van der Waals surface area contributed by atoms with Crippen LogP contribution in [0.2, 0.25) is 0 Å². The van der Waals surface area contributed by atoms with Crippen LogP contribution in [0.15, 0.2) is 65.7 Å². The number of alkyl halides is 2. The Morgan fingerprint density at radius 3 is 2.17 bits per heavy atom. The van der Waals surface area contributed by atoms with Gasteiger partial charge in [-0.2, -0.15) is 0 Å². The quantitative estimate of drug-likeness (QED) is 0.216. The molecule has 1 saturated carbocycles. The summed E-state index contributed by atoms with van der Waals surface area (Å²) in [4.78, 5) is 15.0. The zero-order valence-electron chi connectivity index (χ0n) is 19.7. The number of benzene rings is 3. The zero-order chi connectivity index (χ0) is 24.9. The molecule has 2 N–H and O–H groups in total. The molecule has 1 aliphatic carbocycles. The molecule has 0 bridgehead atoms. The van der Waals surface area contributed by atoms with E-state index in [0.717, 1.165) is 55.2 Å². The second kappa shape index (κ2) is 10.9. The van der Waals surface area contributed by atoms with Gasteiger partial charge in [0.15, 0.2) is 0 Å². The molecule has 0 saturated heterocycles. The number of carbonyl (C=O) groups excluding carboxylic acids is 1. The normalized spacial score (nSPS) is 18.6. The number of amidine groups is 1. The highest BCUT2D eigenvalue weighted by Crippen LogP contribution is 2.37. The second-order valence-corrected chi connectivity index (χ2v) is 9.28. The lowest BCUT2D eigenvalue weighted by Gasteiger charge is -2.27. The minimum atomic E-state index is -2.88. The lowest BCUT2D eigenvalue weighted by atomic mass is 9.77. The van der Waals surface area contributed by atoms with E-state index in [9.17, 15) is 18.0 Å². The van der Waals surface area contributed by atoms with Crippen LogP contribution in [0.5, 0.6) is 0 Å². The smallest absolute Gasteiger partial charge is 0.266 e. The molecule has 0 aliphatic heterocycles. The number of aryl methyl sites for hydroxylation is 1. The van der Waals surface area contributed by atoms with Crippen LogP contribution in [0.4, 0.5) is 18.9 Å². The lowest BCUT2D eigenvalue weighted by Crippen LogP contribution is -2.13. The zero-order valence-corrected chi connectivity index (χ0v) is 19.7. The Kier molecular flexibility index (Phi) is 7.69. The van der Waals surface area contributed by atoms with E-state index in [1.165, 1.54) is 5.56 Å². The van der Waals surface area contributed by atoms with Crippen molar-refractivity contribution in [1.29, 1.82) is 0 Å². The molecule has 182 valence electrons. The summed E-state index contributed by atoms with van der Waals surface area (Å²) in [5.74, 6) is 0.278. The molecule has 0 heterocycles. The monoisotopic (exact) mass is 478 g/mol. The maximum Gasteiger partial charge on any atom is 0.266 e. The highest BCUT2D eigenvalue weighted by molar-refractivity contribution is 5.99. The Morgan fingerprint density at radius 2 is 1.60 bits per heavy atom. The van der Waals surface area contributed by atoms with E-state index in [0.29, 0.717) is 29.4 Å². The van der Waals surface area contributed by atoms with Gasteiger partial charge in [0.25, 0.3) is 6.43 Å². The second-order valence-electron chi connectivity index (χ2n) is 9.28. The van der Waals surface area contributed by atoms with Crippen LogP contribution in [0.1, 0.15) is 66.7 Å². The van der Waals surface area contributed by atoms with E-state index in [1.54, 1.807) is 6.92 Å². The maximum absolute atomic E-state index is 14.0. The Labute approximate surface area is 203 Å². The average Bonchev–Trinajstić information content (AvgIpc) is 2.87. The minimum absolute atomic E-state index is 0.185. The number of rotatable bonds is 7. The number of nitrogens with zero attached hydrogens (tertiary/aromatic N) is 1. The van der Waals surface area contributed by atoms with Gasteiger partial charge in [-0.25, -0.2) is 18.2 Å². The maximum atomic E-state index is 14.0. The summed E-state index contributed by atoms with van der Waals surface area (Å²) in [5.41, 5.74) is 10.3. The molecule has 3 aromatic carbocycles. The van der Waals surface area contributed by atoms with Crippen LogP contribution in [-0.4, -0.2) is 12.1 Å². The van der Waals surface area contributed by atoms with Crippen LogP contribution in [0.25, 0.3) is 11.1 Å². The summed E-state index contributed by atoms with van der Waals surface area (Å²) in [6.07, 6.45) is 3.31. The van der Waals surface area contributed by atoms with Gasteiger partial charge in [-0.15, -0.1) is 0 Å². The minimum Gasteiger partial charge on any atom is -0.383 e. The summed E-state index contributed by atoms with van der Waals surface area (Å²) >= 11 is 0. The topological polar surface area (TPSA) is 55.4 Å². The van der Waals surface area contributed by atoms with Crippen molar-refractivity contribution >= 4 is 17.8 Å². The summed E-state index contributed by atoms with van der Waals surface area (Å²) in [6, 6.07) is 18.3. The molecule has 1 fully saturated rings. The van der Waals surface area contributed by atoms with E-state index in [4.69, 9.17) is 5.73 Å². The van der Waals surface area contributed by atoms with E-state index < -0.39 is 17.8 Å². The molecule has 35 heavy (non-hydrogen) atoms. The molecule has 0 aromatic heterocycles. The van der Waals surface area contributed by atoms with Crippen molar-refractivity contribution in [1.82, 2.24) is 0 Å². The fourth-order valence-corrected chi connectivity index (χ4v) is 4.82. The highest BCUT2D eigenvalue weighted by Gasteiger charge is 2.22. The van der Waals surface area contributed by atoms with Gasteiger partial charge in [0.1, 0.15) is 17.9 Å². The fraction of sp³-hybridized carbons (Fsp3) is 0.310. The molecule has 6 heteroatoms. The molecular weight excluding hydrogens is 449 g/mol. The molecular formula is C29H29F3N2O. The van der Waals surface area contributed by atoms with Gasteiger partial charge in [-0.1, -0.05) is 48.5 Å². The van der Waals surface area contributed by atoms with Crippen molar-refractivity contribution in [2.24, 2.45) is 16.6 Å². The lowest BCUT2D eigenvalue weighted by molar-refractivity contribution is -0.108. The number of hydrogen-bond acceptors (Lipinski definition) is 2. The Morgan fingerprint density at radius 1 is 1.00 bits per heavy atom. The van der Waals surface area contributed by atoms with Crippen LogP contribution in [-0.2, 0) is 4.79 Å². The van der Waals surface area contributed by atoms with Crippen molar-refractivity contribution in [3.05, 3.63) is 88.7 Å². The Hall–Kier alpha value is -3.41. The molecule has 0 unspecified atom stereocenters. The first-order valence-electron chi connectivity index (χ1n) is 11.9. The molecule has 0 radical (unpaired) electrons. The summed E-state index contributed by atoms with van der Waals surface area (Å²) < 4.78 is 39.7.